The minimum atomic E-state index is -0.606. The van der Waals surface area contributed by atoms with Crippen molar-refractivity contribution < 1.29 is 14.0 Å². The predicted octanol–water partition coefficient (Wildman–Crippen LogP) is 1.57. The minimum Gasteiger partial charge on any atom is -0.382 e. The summed E-state index contributed by atoms with van der Waals surface area (Å²) in [6, 6.07) is 4.08. The molecular formula is C22H24ClFN8O2. The first-order chi connectivity index (χ1) is 16.2. The van der Waals surface area contributed by atoms with Crippen molar-refractivity contribution in [2.24, 2.45) is 5.92 Å². The van der Waals surface area contributed by atoms with Gasteiger partial charge in [0.1, 0.15) is 23.9 Å². The van der Waals surface area contributed by atoms with Crippen LogP contribution < -0.4 is 16.0 Å². The lowest BCUT2D eigenvalue weighted by molar-refractivity contribution is -0.140. The third-order valence-electron chi connectivity index (χ3n) is 6.36. The highest BCUT2D eigenvalue weighted by Crippen LogP contribution is 2.48. The summed E-state index contributed by atoms with van der Waals surface area (Å²) in [5.41, 5.74) is 7.18. The molecule has 3 N–H and O–H groups in total. The minimum absolute atomic E-state index is 0.0000863. The molecule has 0 bridgehead atoms. The Kier molecular flexibility index (Phi) is 5.51. The maximum absolute atomic E-state index is 14.2. The molecule has 0 spiro atoms. The Bertz CT molecular complexity index is 1300. The van der Waals surface area contributed by atoms with Crippen molar-refractivity contribution in [3.05, 3.63) is 40.9 Å². The molecule has 2 aromatic heterocycles. The molecule has 2 amide bonds. The first-order valence-corrected chi connectivity index (χ1v) is 11.3. The van der Waals surface area contributed by atoms with Crippen LogP contribution in [0.3, 0.4) is 0 Å². The number of aromatic nitrogens is 4. The van der Waals surface area contributed by atoms with Gasteiger partial charge in [0, 0.05) is 32.2 Å². The molecule has 0 unspecified atom stereocenters. The Hall–Kier alpha value is -3.47. The Morgan fingerprint density at radius 3 is 2.85 bits per heavy atom. The van der Waals surface area contributed by atoms with Crippen LogP contribution in [0.25, 0.3) is 11.2 Å². The number of hydrogen-bond acceptors (Lipinski definition) is 7. The molecule has 1 saturated heterocycles. The van der Waals surface area contributed by atoms with E-state index < -0.39 is 11.9 Å². The van der Waals surface area contributed by atoms with E-state index in [1.165, 1.54) is 12.4 Å². The normalized spacial score (nSPS) is 20.9. The molecule has 1 aliphatic carbocycles. The third-order valence-corrected chi connectivity index (χ3v) is 6.66. The second kappa shape index (κ2) is 8.39. The Labute approximate surface area is 199 Å². The van der Waals surface area contributed by atoms with Gasteiger partial charge in [-0.05, 0) is 24.8 Å². The second-order valence-corrected chi connectivity index (χ2v) is 9.30. The molecule has 1 saturated carbocycles. The quantitative estimate of drug-likeness (QED) is 0.542. The summed E-state index contributed by atoms with van der Waals surface area (Å²) < 4.78 is 15.8. The zero-order chi connectivity index (χ0) is 24.1. The van der Waals surface area contributed by atoms with Gasteiger partial charge in [0.05, 0.1) is 11.3 Å². The average molecular weight is 487 g/mol. The number of amides is 2. The number of carbonyl (C=O) groups is 2. The van der Waals surface area contributed by atoms with Gasteiger partial charge in [-0.3, -0.25) is 9.59 Å². The summed E-state index contributed by atoms with van der Waals surface area (Å²) in [7, 11) is 3.59. The lowest BCUT2D eigenvalue weighted by Crippen LogP contribution is -2.48. The van der Waals surface area contributed by atoms with Crippen molar-refractivity contribution in [3.8, 4) is 0 Å². The van der Waals surface area contributed by atoms with E-state index in [2.05, 4.69) is 20.3 Å². The molecule has 1 aliphatic heterocycles. The number of imidazole rings is 1. The number of nitrogen functional groups attached to an aromatic ring is 1. The average Bonchev–Trinajstić information content (AvgIpc) is 3.27. The van der Waals surface area contributed by atoms with Crippen molar-refractivity contribution in [1.82, 2.24) is 29.7 Å². The lowest BCUT2D eigenvalue weighted by Gasteiger charge is -2.27. The van der Waals surface area contributed by atoms with Crippen LogP contribution in [0, 0.1) is 11.7 Å². The topological polar surface area (TPSA) is 122 Å². The van der Waals surface area contributed by atoms with Gasteiger partial charge >= 0.3 is 0 Å². The van der Waals surface area contributed by atoms with E-state index in [1.54, 1.807) is 40.6 Å². The molecule has 12 heteroatoms. The van der Waals surface area contributed by atoms with Crippen LogP contribution in [0.5, 0.6) is 0 Å². The molecule has 34 heavy (non-hydrogen) atoms. The van der Waals surface area contributed by atoms with Crippen molar-refractivity contribution >= 4 is 46.3 Å². The van der Waals surface area contributed by atoms with Crippen LogP contribution in [-0.4, -0.2) is 62.4 Å². The standard InChI is InChI=1S/C22H24ClFN8O2/c1-30(2)22-28-19(25)18-20(29-22)31(10-27-18)9-16(33)32-14-6-12(14)7-15(32)21(34)26-8-11-4-3-5-13(23)17(11)24/h3-5,10,12,14-15H,6-9H2,1-2H3,(H,26,34)(H2,25,28,29)/t12-,14-,15+/m1/s1. The van der Waals surface area contributed by atoms with E-state index in [-0.39, 0.29) is 41.8 Å². The number of halogens is 2. The monoisotopic (exact) mass is 486 g/mol. The smallest absolute Gasteiger partial charge is 0.243 e. The van der Waals surface area contributed by atoms with Crippen LogP contribution in [0.2, 0.25) is 5.02 Å². The lowest BCUT2D eigenvalue weighted by atomic mass is 10.1. The number of hydrogen-bond donors (Lipinski definition) is 2. The molecular weight excluding hydrogens is 463 g/mol. The molecule has 2 fully saturated rings. The highest BCUT2D eigenvalue weighted by Gasteiger charge is 2.55. The van der Waals surface area contributed by atoms with Gasteiger partial charge in [-0.1, -0.05) is 23.7 Å². The Balaban J connectivity index is 1.32. The highest BCUT2D eigenvalue weighted by atomic mass is 35.5. The van der Waals surface area contributed by atoms with Gasteiger partial charge in [0.2, 0.25) is 17.8 Å². The zero-order valence-electron chi connectivity index (χ0n) is 18.7. The van der Waals surface area contributed by atoms with Gasteiger partial charge in [-0.15, -0.1) is 0 Å². The van der Waals surface area contributed by atoms with E-state index in [1.807, 2.05) is 0 Å². The molecule has 1 aromatic carbocycles. The van der Waals surface area contributed by atoms with Crippen molar-refractivity contribution in [3.63, 3.8) is 0 Å². The number of nitrogens with one attached hydrogen (secondary N) is 1. The van der Waals surface area contributed by atoms with Crippen LogP contribution in [0.15, 0.2) is 24.5 Å². The van der Waals surface area contributed by atoms with Crippen LogP contribution in [0.4, 0.5) is 16.2 Å². The number of piperidine rings is 1. The summed E-state index contributed by atoms with van der Waals surface area (Å²) in [4.78, 5) is 42.6. The summed E-state index contributed by atoms with van der Waals surface area (Å²) in [5.74, 6) is -0.127. The maximum atomic E-state index is 14.2. The molecule has 178 valence electrons. The molecule has 3 aromatic rings. The maximum Gasteiger partial charge on any atom is 0.243 e. The number of fused-ring (bicyclic) bond motifs is 2. The van der Waals surface area contributed by atoms with E-state index in [9.17, 15) is 14.0 Å². The predicted molar refractivity (Wildman–Crippen MR) is 124 cm³/mol. The number of benzene rings is 1. The highest BCUT2D eigenvalue weighted by molar-refractivity contribution is 6.30. The summed E-state index contributed by atoms with van der Waals surface area (Å²) in [6.45, 7) is -0.0372. The summed E-state index contributed by atoms with van der Waals surface area (Å²) >= 11 is 5.82. The molecule has 2 aliphatic rings. The Morgan fingerprint density at radius 1 is 1.29 bits per heavy atom. The number of anilines is 2. The first kappa shape index (κ1) is 22.3. The number of nitrogens with two attached hydrogens (primary N) is 1. The van der Waals surface area contributed by atoms with Crippen LogP contribution in [0.1, 0.15) is 18.4 Å². The molecule has 10 nitrogen and oxygen atoms in total. The van der Waals surface area contributed by atoms with Crippen LogP contribution >= 0.6 is 11.6 Å². The number of carbonyl (C=O) groups excluding carboxylic acids is 2. The molecule has 3 heterocycles. The molecule has 5 rings (SSSR count). The van der Waals surface area contributed by atoms with E-state index in [0.717, 1.165) is 6.42 Å². The Morgan fingerprint density at radius 2 is 2.09 bits per heavy atom. The van der Waals surface area contributed by atoms with Gasteiger partial charge in [-0.25, -0.2) is 9.37 Å². The fourth-order valence-electron chi connectivity index (χ4n) is 4.53. The fourth-order valence-corrected chi connectivity index (χ4v) is 4.73. The van der Waals surface area contributed by atoms with Crippen molar-refractivity contribution in [2.45, 2.75) is 38.0 Å². The van der Waals surface area contributed by atoms with E-state index in [4.69, 9.17) is 17.3 Å². The second-order valence-electron chi connectivity index (χ2n) is 8.89. The van der Waals surface area contributed by atoms with Crippen molar-refractivity contribution in [1.29, 1.82) is 0 Å². The molecule has 3 atom stereocenters. The van der Waals surface area contributed by atoms with Crippen molar-refractivity contribution in [2.75, 3.05) is 24.7 Å². The SMILES string of the molecule is CN(C)c1nc(N)c2ncn(CC(=O)N3[C@@H]4C[C@@H]4C[C@H]3C(=O)NCc3cccc(Cl)c3F)c2n1. The fraction of sp³-hybridized carbons (Fsp3) is 0.409. The van der Waals surface area contributed by atoms with Gasteiger partial charge in [0.25, 0.3) is 0 Å². The van der Waals surface area contributed by atoms with E-state index in [0.29, 0.717) is 35.0 Å². The number of nitrogens with zero attached hydrogens (tertiary/aromatic N) is 6. The van der Waals surface area contributed by atoms with Gasteiger partial charge in [-0.2, -0.15) is 9.97 Å². The van der Waals surface area contributed by atoms with Gasteiger partial charge in [0.15, 0.2) is 11.5 Å². The van der Waals surface area contributed by atoms with Crippen LogP contribution in [-0.2, 0) is 22.7 Å². The largest absolute Gasteiger partial charge is 0.382 e. The number of likely N-dealkylation sites (tertiary alicyclic amines) is 1. The van der Waals surface area contributed by atoms with Gasteiger partial charge < -0.3 is 25.4 Å². The number of rotatable bonds is 6. The third kappa shape index (κ3) is 3.89. The first-order valence-electron chi connectivity index (χ1n) is 10.9. The zero-order valence-corrected chi connectivity index (χ0v) is 19.5. The van der Waals surface area contributed by atoms with E-state index >= 15 is 0 Å². The summed E-state index contributed by atoms with van der Waals surface area (Å²) in [6.07, 6.45) is 2.97. The molecule has 0 radical (unpaired) electrons. The summed E-state index contributed by atoms with van der Waals surface area (Å²) in [5, 5.41) is 2.76.